The van der Waals surface area contributed by atoms with Crippen molar-refractivity contribution < 1.29 is 30.7 Å². The predicted molar refractivity (Wildman–Crippen MR) is 119 cm³/mol. The van der Waals surface area contributed by atoms with Crippen LogP contribution in [-0.4, -0.2) is 17.4 Å². The van der Waals surface area contributed by atoms with Crippen molar-refractivity contribution >= 4 is 40.5 Å². The van der Waals surface area contributed by atoms with Gasteiger partial charge in [0.1, 0.15) is 0 Å². The zero-order chi connectivity index (χ0) is 24.8. The lowest BCUT2D eigenvalue weighted by atomic mass is 9.77. The zero-order valence-corrected chi connectivity index (χ0v) is 19.4. The van der Waals surface area contributed by atoms with Crippen LogP contribution >= 0.6 is 35.0 Å². The van der Waals surface area contributed by atoms with Gasteiger partial charge in [-0.3, -0.25) is 0 Å². The first-order chi connectivity index (χ1) is 15.1. The van der Waals surface area contributed by atoms with Crippen molar-refractivity contribution in [3.63, 3.8) is 0 Å². The van der Waals surface area contributed by atoms with Crippen LogP contribution in [0.25, 0.3) is 5.57 Å². The molecule has 177 valence electrons. The van der Waals surface area contributed by atoms with Crippen LogP contribution in [-0.2, 0) is 4.75 Å². The third-order valence-electron chi connectivity index (χ3n) is 5.07. The van der Waals surface area contributed by atoms with Gasteiger partial charge in [0.15, 0.2) is 0 Å². The number of thioether (sulfide) groups is 1. The first kappa shape index (κ1) is 26.0. The lowest BCUT2D eigenvalue weighted by Crippen LogP contribution is -2.52. The van der Waals surface area contributed by atoms with Crippen LogP contribution in [0.5, 0.6) is 0 Å². The molecule has 0 spiro atoms. The first-order valence-electron chi connectivity index (χ1n) is 9.42. The van der Waals surface area contributed by atoms with Crippen molar-refractivity contribution in [2.75, 3.05) is 0 Å². The molecule has 1 unspecified atom stereocenters. The van der Waals surface area contributed by atoms with Crippen molar-refractivity contribution in [3.8, 4) is 0 Å². The summed E-state index contributed by atoms with van der Waals surface area (Å²) in [6, 6.07) is 11.7. The van der Waals surface area contributed by atoms with Crippen LogP contribution in [0.3, 0.4) is 0 Å². The average Bonchev–Trinajstić information content (AvgIpc) is 2.67. The Kier molecular flexibility index (Phi) is 6.97. The van der Waals surface area contributed by atoms with E-state index >= 15 is 0 Å². The number of hydrogen-bond donors (Lipinski definition) is 0. The number of halogens is 9. The fourth-order valence-electron chi connectivity index (χ4n) is 3.76. The van der Waals surface area contributed by atoms with Crippen LogP contribution in [0, 0.1) is 6.42 Å². The van der Waals surface area contributed by atoms with E-state index in [2.05, 4.69) is 0 Å². The van der Waals surface area contributed by atoms with Gasteiger partial charge in [0, 0.05) is 16.5 Å². The molecular weight excluding hydrogens is 512 g/mol. The molecule has 0 heterocycles. The summed E-state index contributed by atoms with van der Waals surface area (Å²) in [6.07, 6.45) is -3.66. The summed E-state index contributed by atoms with van der Waals surface area (Å²) in [4.78, 5) is 0. The van der Waals surface area contributed by atoms with Crippen molar-refractivity contribution in [2.24, 2.45) is 0 Å². The Morgan fingerprint density at radius 1 is 0.788 bits per heavy atom. The summed E-state index contributed by atoms with van der Waals surface area (Å²) in [7, 11) is 0. The van der Waals surface area contributed by atoms with Gasteiger partial charge in [0.2, 0.25) is 0 Å². The highest BCUT2D eigenvalue weighted by atomic mass is 35.5. The number of rotatable bonds is 5. The SMILES string of the molecule is CC1=CC(SC(F)(F)C(F)(F)C(F)(F)F)(c2ccccc2Cl)C(c2ccccc2Cl)=C(C)[CH]1. The molecule has 0 fully saturated rings. The van der Waals surface area contributed by atoms with Gasteiger partial charge in [-0.15, -0.1) is 0 Å². The summed E-state index contributed by atoms with van der Waals surface area (Å²) in [5.41, 5.74) is 0.907. The Labute approximate surface area is 200 Å². The third-order valence-corrected chi connectivity index (χ3v) is 7.10. The van der Waals surface area contributed by atoms with Gasteiger partial charge in [-0.2, -0.15) is 30.7 Å². The highest BCUT2D eigenvalue weighted by Gasteiger charge is 2.75. The lowest BCUT2D eigenvalue weighted by Gasteiger charge is -2.42. The molecule has 1 aliphatic rings. The Morgan fingerprint density at radius 3 is 1.88 bits per heavy atom. The van der Waals surface area contributed by atoms with Crippen LogP contribution in [0.15, 0.2) is 65.8 Å². The van der Waals surface area contributed by atoms with Gasteiger partial charge < -0.3 is 0 Å². The number of alkyl halides is 7. The molecule has 1 aliphatic carbocycles. The smallest absolute Gasteiger partial charge is 0.188 e. The van der Waals surface area contributed by atoms with E-state index in [1.807, 2.05) is 0 Å². The highest BCUT2D eigenvalue weighted by molar-refractivity contribution is 8.02. The van der Waals surface area contributed by atoms with Crippen molar-refractivity contribution in [1.29, 1.82) is 0 Å². The van der Waals surface area contributed by atoms with Crippen molar-refractivity contribution in [2.45, 2.75) is 35.9 Å². The summed E-state index contributed by atoms with van der Waals surface area (Å²) < 4.78 is 94.8. The molecule has 0 amide bonds. The molecule has 3 rings (SSSR count). The molecule has 2 aromatic rings. The molecule has 0 saturated carbocycles. The van der Waals surface area contributed by atoms with E-state index in [1.54, 1.807) is 25.5 Å². The van der Waals surface area contributed by atoms with E-state index in [1.165, 1.54) is 49.4 Å². The van der Waals surface area contributed by atoms with E-state index in [-0.39, 0.29) is 26.7 Å². The van der Waals surface area contributed by atoms with Gasteiger partial charge in [0.25, 0.3) is 0 Å². The molecule has 0 bridgehead atoms. The second kappa shape index (κ2) is 8.86. The molecule has 1 radical (unpaired) electrons. The molecule has 0 nitrogen and oxygen atoms in total. The minimum atomic E-state index is -6.48. The Morgan fingerprint density at radius 2 is 1.33 bits per heavy atom. The lowest BCUT2D eigenvalue weighted by molar-refractivity contribution is -0.330. The monoisotopic (exact) mass is 527 g/mol. The fraction of sp³-hybridized carbons (Fsp3) is 0.261. The molecule has 0 aromatic heterocycles. The van der Waals surface area contributed by atoms with Crippen LogP contribution in [0.4, 0.5) is 30.7 Å². The van der Waals surface area contributed by atoms with Gasteiger partial charge >= 0.3 is 17.4 Å². The minimum Gasteiger partial charge on any atom is -0.188 e. The molecule has 1 atom stereocenters. The van der Waals surface area contributed by atoms with Crippen LogP contribution in [0.2, 0.25) is 10.0 Å². The molecule has 0 saturated heterocycles. The molecule has 33 heavy (non-hydrogen) atoms. The van der Waals surface area contributed by atoms with E-state index in [0.29, 0.717) is 11.1 Å². The minimum absolute atomic E-state index is 0.0365. The number of hydrogen-bond acceptors (Lipinski definition) is 1. The Balaban J connectivity index is 2.40. The largest absolute Gasteiger partial charge is 0.460 e. The number of benzene rings is 2. The van der Waals surface area contributed by atoms with E-state index in [9.17, 15) is 30.7 Å². The maximum atomic E-state index is 14.9. The fourth-order valence-corrected chi connectivity index (χ4v) is 5.88. The average molecular weight is 528 g/mol. The molecule has 0 aliphatic heterocycles. The number of allylic oxidation sites excluding steroid dienone is 2. The highest BCUT2D eigenvalue weighted by Crippen LogP contribution is 2.64. The second-order valence-corrected chi connectivity index (χ2v) is 9.65. The predicted octanol–water partition coefficient (Wildman–Crippen LogP) is 9.35. The van der Waals surface area contributed by atoms with E-state index in [4.69, 9.17) is 23.2 Å². The topological polar surface area (TPSA) is 0 Å². The Hall–Kier alpha value is -1.64. The molecular formula is C23H16Cl2F7S. The quantitative estimate of drug-likeness (QED) is 0.349. The molecule has 10 heteroatoms. The van der Waals surface area contributed by atoms with Crippen molar-refractivity contribution in [1.82, 2.24) is 0 Å². The maximum Gasteiger partial charge on any atom is 0.460 e. The second-order valence-electron chi connectivity index (χ2n) is 7.48. The maximum absolute atomic E-state index is 14.9. The third kappa shape index (κ3) is 4.54. The summed E-state index contributed by atoms with van der Waals surface area (Å²) >= 11 is 11.8. The van der Waals surface area contributed by atoms with Crippen LogP contribution < -0.4 is 0 Å². The summed E-state index contributed by atoms with van der Waals surface area (Å²) in [5.74, 6) is -6.32. The molecule has 0 N–H and O–H groups in total. The van der Waals surface area contributed by atoms with E-state index < -0.39 is 33.9 Å². The zero-order valence-electron chi connectivity index (χ0n) is 17.1. The van der Waals surface area contributed by atoms with Gasteiger partial charge in [0.05, 0.1) is 4.75 Å². The van der Waals surface area contributed by atoms with Crippen LogP contribution in [0.1, 0.15) is 25.0 Å². The van der Waals surface area contributed by atoms with Crippen molar-refractivity contribution in [3.05, 3.63) is 93.3 Å². The van der Waals surface area contributed by atoms with Gasteiger partial charge in [-0.25, -0.2) is 0 Å². The summed E-state index contributed by atoms with van der Waals surface area (Å²) in [6.45, 7) is 3.07. The molecule has 2 aromatic carbocycles. The standard InChI is InChI=1S/C23H16Cl2F7S/c1-13-11-14(2)19(15-7-3-5-9-17(15)24)20(12-13,16-8-4-6-10-18(16)25)33-23(31,32)21(26,27)22(28,29)30/h3-12H,1-2H3. The Bertz CT molecular complexity index is 1120. The van der Waals surface area contributed by atoms with Gasteiger partial charge in [-0.05, 0) is 42.7 Å². The van der Waals surface area contributed by atoms with Gasteiger partial charge in [-0.1, -0.05) is 88.6 Å². The summed E-state index contributed by atoms with van der Waals surface area (Å²) in [5, 5.41) is -5.54. The first-order valence-corrected chi connectivity index (χ1v) is 11.0. The normalized spacial score (nSPS) is 20.2. The van der Waals surface area contributed by atoms with E-state index in [0.717, 1.165) is 0 Å².